The Hall–Kier alpha value is -1.60. The number of aromatic nitrogens is 2. The SMILES string of the molecule is COCC(O)CN(C)C(=O)c1cn[nH]c1N. The summed E-state index contributed by atoms with van der Waals surface area (Å²) in [5.74, 6) is -0.0699. The van der Waals surface area contributed by atoms with Gasteiger partial charge in [-0.05, 0) is 0 Å². The minimum atomic E-state index is -0.716. The fraction of sp³-hybridized carbons (Fsp3) is 0.556. The van der Waals surface area contributed by atoms with E-state index in [2.05, 4.69) is 10.2 Å². The van der Waals surface area contributed by atoms with E-state index in [0.29, 0.717) is 5.56 Å². The van der Waals surface area contributed by atoms with Crippen molar-refractivity contribution in [3.05, 3.63) is 11.8 Å². The van der Waals surface area contributed by atoms with E-state index in [4.69, 9.17) is 10.5 Å². The topological polar surface area (TPSA) is 104 Å². The van der Waals surface area contributed by atoms with Crippen molar-refractivity contribution in [2.75, 3.05) is 33.0 Å². The maximum atomic E-state index is 11.8. The van der Waals surface area contributed by atoms with Crippen LogP contribution in [0.25, 0.3) is 0 Å². The number of nitrogen functional groups attached to an aromatic ring is 1. The second-order valence-corrected chi connectivity index (χ2v) is 3.49. The van der Waals surface area contributed by atoms with Gasteiger partial charge in [-0.15, -0.1) is 0 Å². The first kappa shape index (κ1) is 12.5. The van der Waals surface area contributed by atoms with Gasteiger partial charge in [-0.2, -0.15) is 5.10 Å². The van der Waals surface area contributed by atoms with Gasteiger partial charge in [0.15, 0.2) is 0 Å². The molecule has 0 saturated carbocycles. The maximum Gasteiger partial charge on any atom is 0.259 e. The Morgan fingerprint density at radius 2 is 2.50 bits per heavy atom. The highest BCUT2D eigenvalue weighted by atomic mass is 16.5. The number of likely N-dealkylation sites (N-methyl/N-ethyl adjacent to an activating group) is 1. The fourth-order valence-electron chi connectivity index (χ4n) is 1.32. The number of anilines is 1. The Morgan fingerprint density at radius 1 is 1.81 bits per heavy atom. The van der Waals surface area contributed by atoms with Crippen LogP contribution in [0.5, 0.6) is 0 Å². The summed E-state index contributed by atoms with van der Waals surface area (Å²) in [6.45, 7) is 0.357. The number of aliphatic hydroxyl groups excluding tert-OH is 1. The quantitative estimate of drug-likeness (QED) is 0.604. The monoisotopic (exact) mass is 228 g/mol. The molecule has 0 spiro atoms. The number of hydrogen-bond acceptors (Lipinski definition) is 5. The van der Waals surface area contributed by atoms with Gasteiger partial charge in [0.25, 0.3) is 5.91 Å². The summed E-state index contributed by atoms with van der Waals surface area (Å²) in [6, 6.07) is 0. The molecule has 1 aromatic rings. The van der Waals surface area contributed by atoms with Crippen molar-refractivity contribution in [2.45, 2.75) is 6.10 Å². The first-order valence-corrected chi connectivity index (χ1v) is 4.77. The molecule has 1 amide bonds. The van der Waals surface area contributed by atoms with E-state index in [0.717, 1.165) is 0 Å². The Labute approximate surface area is 93.2 Å². The zero-order valence-corrected chi connectivity index (χ0v) is 9.30. The normalized spacial score (nSPS) is 12.4. The smallest absolute Gasteiger partial charge is 0.259 e. The Balaban J connectivity index is 2.58. The summed E-state index contributed by atoms with van der Waals surface area (Å²) >= 11 is 0. The van der Waals surface area contributed by atoms with E-state index in [9.17, 15) is 9.90 Å². The molecule has 0 aromatic carbocycles. The summed E-state index contributed by atoms with van der Waals surface area (Å²) in [4.78, 5) is 13.2. The third-order valence-electron chi connectivity index (χ3n) is 2.09. The van der Waals surface area contributed by atoms with E-state index >= 15 is 0 Å². The maximum absolute atomic E-state index is 11.8. The van der Waals surface area contributed by atoms with E-state index in [1.807, 2.05) is 0 Å². The Kier molecular flexibility index (Phi) is 4.27. The van der Waals surface area contributed by atoms with Gasteiger partial charge in [0, 0.05) is 20.7 Å². The molecule has 1 aromatic heterocycles. The number of ether oxygens (including phenoxy) is 1. The molecule has 1 unspecified atom stereocenters. The van der Waals surface area contributed by atoms with Gasteiger partial charge in [0.05, 0.1) is 18.9 Å². The number of amides is 1. The van der Waals surface area contributed by atoms with Crippen molar-refractivity contribution in [1.29, 1.82) is 0 Å². The van der Waals surface area contributed by atoms with Gasteiger partial charge in [-0.25, -0.2) is 0 Å². The number of methoxy groups -OCH3 is 1. The molecule has 1 rings (SSSR count). The summed E-state index contributed by atoms with van der Waals surface area (Å²) in [6.07, 6.45) is 0.642. The van der Waals surface area contributed by atoms with Crippen molar-refractivity contribution >= 4 is 11.7 Å². The van der Waals surface area contributed by atoms with Crippen molar-refractivity contribution in [2.24, 2.45) is 0 Å². The van der Waals surface area contributed by atoms with Crippen LogP contribution >= 0.6 is 0 Å². The van der Waals surface area contributed by atoms with Crippen LogP contribution in [-0.4, -0.2) is 59.5 Å². The van der Waals surface area contributed by atoms with E-state index in [1.54, 1.807) is 7.05 Å². The molecule has 0 aliphatic rings. The second-order valence-electron chi connectivity index (χ2n) is 3.49. The van der Waals surface area contributed by atoms with Crippen LogP contribution in [0.3, 0.4) is 0 Å². The molecule has 1 heterocycles. The van der Waals surface area contributed by atoms with Crippen LogP contribution in [0.1, 0.15) is 10.4 Å². The standard InChI is InChI=1S/C9H16N4O3/c1-13(4-6(14)5-16-2)9(15)7-3-11-12-8(7)10/h3,6,14H,4-5H2,1-2H3,(H3,10,11,12). The van der Waals surface area contributed by atoms with Gasteiger partial charge in [-0.1, -0.05) is 0 Å². The average Bonchev–Trinajstić information content (AvgIpc) is 2.63. The number of H-pyrrole nitrogens is 1. The summed E-state index contributed by atoms with van der Waals surface area (Å²) in [7, 11) is 3.06. The number of carbonyl (C=O) groups excluding carboxylic acids is 1. The highest BCUT2D eigenvalue weighted by Crippen LogP contribution is 2.09. The number of aliphatic hydroxyl groups is 1. The number of nitrogens with zero attached hydrogens (tertiary/aromatic N) is 2. The lowest BCUT2D eigenvalue weighted by Crippen LogP contribution is -2.36. The molecular formula is C9H16N4O3. The predicted octanol–water partition coefficient (Wildman–Crippen LogP) is -0.929. The average molecular weight is 228 g/mol. The summed E-state index contributed by atoms with van der Waals surface area (Å²) < 4.78 is 4.77. The lowest BCUT2D eigenvalue weighted by atomic mass is 10.2. The molecule has 7 nitrogen and oxygen atoms in total. The van der Waals surface area contributed by atoms with E-state index in [1.165, 1.54) is 18.2 Å². The van der Waals surface area contributed by atoms with E-state index < -0.39 is 6.10 Å². The van der Waals surface area contributed by atoms with E-state index in [-0.39, 0.29) is 24.9 Å². The van der Waals surface area contributed by atoms with Crippen molar-refractivity contribution in [3.63, 3.8) is 0 Å². The molecule has 0 fully saturated rings. The number of rotatable bonds is 5. The number of nitrogens with two attached hydrogens (primary N) is 1. The van der Waals surface area contributed by atoms with Gasteiger partial charge < -0.3 is 20.5 Å². The molecule has 1 atom stereocenters. The highest BCUT2D eigenvalue weighted by Gasteiger charge is 2.18. The van der Waals surface area contributed by atoms with Gasteiger partial charge in [0.2, 0.25) is 0 Å². The van der Waals surface area contributed by atoms with Gasteiger partial charge >= 0.3 is 0 Å². The molecule has 16 heavy (non-hydrogen) atoms. The van der Waals surface area contributed by atoms with Crippen molar-refractivity contribution in [1.82, 2.24) is 15.1 Å². The Morgan fingerprint density at radius 3 is 3.00 bits per heavy atom. The molecule has 0 radical (unpaired) electrons. The van der Waals surface area contributed by atoms with Crippen LogP contribution in [0, 0.1) is 0 Å². The zero-order valence-electron chi connectivity index (χ0n) is 9.30. The minimum Gasteiger partial charge on any atom is -0.389 e. The highest BCUT2D eigenvalue weighted by molar-refractivity contribution is 5.97. The van der Waals surface area contributed by atoms with Crippen LogP contribution < -0.4 is 5.73 Å². The summed E-state index contributed by atoms with van der Waals surface area (Å²) in [5.41, 5.74) is 5.81. The number of carbonyl (C=O) groups is 1. The van der Waals surface area contributed by atoms with Crippen LogP contribution in [0.4, 0.5) is 5.82 Å². The van der Waals surface area contributed by atoms with Crippen LogP contribution in [-0.2, 0) is 4.74 Å². The molecule has 0 aliphatic carbocycles. The van der Waals surface area contributed by atoms with Gasteiger partial charge in [-0.3, -0.25) is 9.89 Å². The minimum absolute atomic E-state index is 0.178. The molecule has 90 valence electrons. The van der Waals surface area contributed by atoms with Crippen molar-refractivity contribution < 1.29 is 14.6 Å². The molecule has 4 N–H and O–H groups in total. The number of nitrogens with one attached hydrogen (secondary N) is 1. The molecule has 7 heteroatoms. The molecular weight excluding hydrogens is 212 g/mol. The number of hydrogen-bond donors (Lipinski definition) is 3. The third kappa shape index (κ3) is 2.94. The first-order valence-electron chi connectivity index (χ1n) is 4.77. The third-order valence-corrected chi connectivity index (χ3v) is 2.09. The molecule has 0 saturated heterocycles. The Bertz CT molecular complexity index is 352. The lowest BCUT2D eigenvalue weighted by Gasteiger charge is -2.19. The molecule has 0 bridgehead atoms. The second kappa shape index (κ2) is 5.47. The largest absolute Gasteiger partial charge is 0.389 e. The fourth-order valence-corrected chi connectivity index (χ4v) is 1.32. The first-order chi connectivity index (χ1) is 7.56. The van der Waals surface area contributed by atoms with Crippen molar-refractivity contribution in [3.8, 4) is 0 Å². The van der Waals surface area contributed by atoms with Gasteiger partial charge in [0.1, 0.15) is 11.4 Å². The molecule has 0 aliphatic heterocycles. The van der Waals surface area contributed by atoms with Crippen LogP contribution in [0.2, 0.25) is 0 Å². The van der Waals surface area contributed by atoms with Crippen LogP contribution in [0.15, 0.2) is 6.20 Å². The number of aromatic amines is 1. The lowest BCUT2D eigenvalue weighted by molar-refractivity contribution is 0.0380. The summed E-state index contributed by atoms with van der Waals surface area (Å²) in [5, 5.41) is 15.6. The predicted molar refractivity (Wildman–Crippen MR) is 57.8 cm³/mol. The zero-order chi connectivity index (χ0) is 12.1.